The molecule has 0 saturated heterocycles. The van der Waals surface area contributed by atoms with Crippen molar-refractivity contribution in [2.45, 2.75) is 19.0 Å². The SMILES string of the molecule is [CH2-]C(c1ccccc1)N([C@@H](C)c1ccccc1)[PH+](O)O.[CH3-].[CH3-].[Ir+3].c1ccc([PH+](c2ccccc2)c2ccccc2)cc1. The van der Waals surface area contributed by atoms with E-state index in [9.17, 15) is 9.79 Å². The second-order valence-electron chi connectivity index (χ2n) is 9.19. The largest absolute Gasteiger partial charge is 3.00 e. The van der Waals surface area contributed by atoms with Crippen molar-refractivity contribution >= 4 is 32.4 Å². The summed E-state index contributed by atoms with van der Waals surface area (Å²) in [5.41, 5.74) is 2.02. The molecule has 0 fully saturated rings. The molecule has 42 heavy (non-hydrogen) atoms. The third-order valence-electron chi connectivity index (χ3n) is 6.64. The number of hydrogen-bond donors (Lipinski definition) is 2. The number of hydrogen-bond acceptors (Lipinski definition) is 3. The van der Waals surface area contributed by atoms with Gasteiger partial charge in [-0.1, -0.05) is 127 Å². The summed E-state index contributed by atoms with van der Waals surface area (Å²) in [6.45, 7) is 6.07. The third kappa shape index (κ3) is 10.3. The monoisotopic (exact) mass is 775 g/mol. The maximum absolute atomic E-state index is 9.82. The molecule has 6 heteroatoms. The molecule has 5 aromatic rings. The molecule has 3 nitrogen and oxygen atoms in total. The average molecular weight is 775 g/mol. The summed E-state index contributed by atoms with van der Waals surface area (Å²) in [6, 6.07) is 51.6. The van der Waals surface area contributed by atoms with Crippen LogP contribution in [0.25, 0.3) is 0 Å². The van der Waals surface area contributed by atoms with Crippen LogP contribution in [0.1, 0.15) is 30.1 Å². The van der Waals surface area contributed by atoms with Crippen LogP contribution < -0.4 is 15.9 Å². The van der Waals surface area contributed by atoms with Gasteiger partial charge in [0.25, 0.3) is 0 Å². The fourth-order valence-corrected chi connectivity index (χ4v) is 8.13. The molecule has 0 saturated carbocycles. The Balaban J connectivity index is 0.000000392. The van der Waals surface area contributed by atoms with Gasteiger partial charge in [-0.05, 0) is 48.9 Å². The van der Waals surface area contributed by atoms with Crippen LogP contribution in [0.3, 0.4) is 0 Å². The van der Waals surface area contributed by atoms with E-state index in [1.807, 2.05) is 67.6 Å². The minimum absolute atomic E-state index is 0. The molecule has 0 aliphatic heterocycles. The van der Waals surface area contributed by atoms with E-state index in [2.05, 4.69) is 97.9 Å². The molecule has 5 rings (SSSR count). The molecule has 2 N–H and O–H groups in total. The second kappa shape index (κ2) is 19.6. The van der Waals surface area contributed by atoms with Crippen molar-refractivity contribution in [3.05, 3.63) is 185 Å². The predicted molar refractivity (Wildman–Crippen MR) is 183 cm³/mol. The van der Waals surface area contributed by atoms with Crippen molar-refractivity contribution in [1.29, 1.82) is 0 Å². The molecule has 0 amide bonds. The first-order chi connectivity index (χ1) is 19.1. The van der Waals surface area contributed by atoms with Gasteiger partial charge in [0.05, 0.1) is 14.0 Å². The summed E-state index contributed by atoms with van der Waals surface area (Å²) in [7, 11) is -3.47. The number of benzene rings is 5. The Hall–Kier alpha value is -2.51. The molecular formula is C36H42IrNO2P2+2. The molecular weight excluding hydrogens is 733 g/mol. The van der Waals surface area contributed by atoms with Gasteiger partial charge < -0.3 is 21.8 Å². The minimum Gasteiger partial charge on any atom is -0.358 e. The molecule has 0 aliphatic carbocycles. The number of rotatable bonds is 8. The molecule has 1 unspecified atom stereocenters. The Morgan fingerprint density at radius 2 is 0.810 bits per heavy atom. The average Bonchev–Trinajstić information content (AvgIpc) is 3.00. The summed E-state index contributed by atoms with van der Waals surface area (Å²) >= 11 is 0. The Morgan fingerprint density at radius 1 is 0.524 bits per heavy atom. The maximum Gasteiger partial charge on any atom is 3.00 e. The van der Waals surface area contributed by atoms with Gasteiger partial charge in [-0.15, -0.1) is 4.67 Å². The van der Waals surface area contributed by atoms with Gasteiger partial charge in [-0.3, -0.25) is 0 Å². The van der Waals surface area contributed by atoms with Crippen molar-refractivity contribution < 1.29 is 29.9 Å². The van der Waals surface area contributed by atoms with Gasteiger partial charge in [0.15, 0.2) is 0 Å². The second-order valence-corrected chi connectivity index (χ2v) is 12.8. The smallest absolute Gasteiger partial charge is 0.358 e. The van der Waals surface area contributed by atoms with Crippen molar-refractivity contribution in [2.24, 2.45) is 0 Å². The topological polar surface area (TPSA) is 43.7 Å². The first-order valence-electron chi connectivity index (χ1n) is 13.1. The van der Waals surface area contributed by atoms with Crippen LogP contribution in [0.5, 0.6) is 0 Å². The van der Waals surface area contributed by atoms with Gasteiger partial charge in [0, 0.05) is 0 Å². The Labute approximate surface area is 269 Å². The van der Waals surface area contributed by atoms with Crippen LogP contribution in [0.4, 0.5) is 0 Å². The van der Waals surface area contributed by atoms with E-state index in [-0.39, 0.29) is 47.0 Å². The molecule has 0 aliphatic rings. The van der Waals surface area contributed by atoms with Gasteiger partial charge in [0.2, 0.25) is 0 Å². The van der Waals surface area contributed by atoms with Crippen LogP contribution in [-0.2, 0) is 20.1 Å². The van der Waals surface area contributed by atoms with Crippen molar-refractivity contribution in [1.82, 2.24) is 4.67 Å². The zero-order valence-electron chi connectivity index (χ0n) is 24.5. The van der Waals surface area contributed by atoms with Crippen LogP contribution in [0.2, 0.25) is 0 Å². The Bertz CT molecular complexity index is 1220. The van der Waals surface area contributed by atoms with Crippen LogP contribution in [0, 0.1) is 21.8 Å². The van der Waals surface area contributed by atoms with E-state index in [1.165, 1.54) is 15.9 Å². The van der Waals surface area contributed by atoms with E-state index in [1.54, 1.807) is 4.67 Å². The van der Waals surface area contributed by atoms with E-state index < -0.39 is 16.4 Å². The van der Waals surface area contributed by atoms with Gasteiger partial charge >= 0.3 is 28.6 Å². The summed E-state index contributed by atoms with van der Waals surface area (Å²) in [5.74, 6) is 0. The summed E-state index contributed by atoms with van der Waals surface area (Å²) in [4.78, 5) is 19.6. The zero-order chi connectivity index (χ0) is 27.5. The van der Waals surface area contributed by atoms with Gasteiger partial charge in [0.1, 0.15) is 15.9 Å². The van der Waals surface area contributed by atoms with Crippen LogP contribution in [0.15, 0.2) is 152 Å². The fraction of sp³-hybridized carbons (Fsp3) is 0.0833. The van der Waals surface area contributed by atoms with Crippen molar-refractivity contribution in [3.63, 3.8) is 0 Å². The summed E-state index contributed by atoms with van der Waals surface area (Å²) in [5, 5.41) is 4.31. The Morgan fingerprint density at radius 3 is 1.12 bits per heavy atom. The first kappa shape index (κ1) is 37.5. The molecule has 0 aromatic heterocycles. The third-order valence-corrected chi connectivity index (χ3v) is 10.5. The normalized spacial score (nSPS) is 11.7. The van der Waals surface area contributed by atoms with E-state index in [0.717, 1.165) is 11.1 Å². The zero-order valence-corrected chi connectivity index (χ0v) is 28.9. The molecule has 0 radical (unpaired) electrons. The minimum atomic E-state index is -2.59. The standard InChI is InChI=1S/C18H15P.C16H19NO2P.2CH3.Ir/c1-4-10-16(11-5-1)19(17-12-6-2-7-13-17)18-14-8-3-9-15-18;1-13(15-9-5-3-6-10-15)17(20(18)19)14(2)16-11-7-4-8-12-16;;;/h1-15H;3-14,18-19H,1H2,2H3;2*1H3;/q;3*-1;+3/p+2/t;13?,14-;;;/m.0.../s1. The molecule has 2 atom stereocenters. The van der Waals surface area contributed by atoms with Crippen molar-refractivity contribution in [3.8, 4) is 0 Å². The van der Waals surface area contributed by atoms with Gasteiger partial charge in [-0.2, -0.15) is 0 Å². The first-order valence-corrected chi connectivity index (χ1v) is 15.9. The summed E-state index contributed by atoms with van der Waals surface area (Å²) in [6.07, 6.45) is 0. The molecule has 5 aromatic carbocycles. The maximum atomic E-state index is 9.82. The molecule has 220 valence electrons. The number of nitrogens with zero attached hydrogens (tertiary/aromatic N) is 1. The van der Waals surface area contributed by atoms with E-state index in [4.69, 9.17) is 0 Å². The fourth-order valence-electron chi connectivity index (χ4n) is 4.62. The predicted octanol–water partition coefficient (Wildman–Crippen LogP) is 7.64. The molecule has 0 heterocycles. The molecule has 0 spiro atoms. The van der Waals surface area contributed by atoms with Gasteiger partial charge in [-0.25, -0.2) is 9.79 Å². The quantitative estimate of drug-likeness (QED) is 0.126. The summed E-state index contributed by atoms with van der Waals surface area (Å²) < 4.78 is 1.68. The van der Waals surface area contributed by atoms with E-state index in [0.29, 0.717) is 0 Å². The van der Waals surface area contributed by atoms with Crippen LogP contribution >= 0.6 is 16.4 Å². The van der Waals surface area contributed by atoms with Crippen LogP contribution in [-0.4, -0.2) is 14.5 Å². The van der Waals surface area contributed by atoms with E-state index >= 15 is 0 Å². The van der Waals surface area contributed by atoms with Crippen molar-refractivity contribution in [2.75, 3.05) is 0 Å². The Kier molecular flexibility index (Phi) is 17.5. The molecule has 0 bridgehead atoms.